The predicted octanol–water partition coefficient (Wildman–Crippen LogP) is 4.86. The highest BCUT2D eigenvalue weighted by atomic mass is 35.5. The Hall–Kier alpha value is -1.99. The maximum atomic E-state index is 5.91. The van der Waals surface area contributed by atoms with Gasteiger partial charge in [0.2, 0.25) is 0 Å². The molecule has 0 aliphatic heterocycles. The smallest absolute Gasteiger partial charge is 0.0470 e. The van der Waals surface area contributed by atoms with Crippen LogP contribution in [0.25, 0.3) is 11.1 Å². The molecule has 3 aromatic rings. The Balaban J connectivity index is 1.82. The Labute approximate surface area is 118 Å². The van der Waals surface area contributed by atoms with E-state index in [2.05, 4.69) is 47.3 Å². The highest BCUT2D eigenvalue weighted by molar-refractivity contribution is 6.30. The van der Waals surface area contributed by atoms with E-state index < -0.39 is 0 Å². The Morgan fingerprint density at radius 2 is 1.53 bits per heavy atom. The SMILES string of the molecule is Clc1ccc(-c2ccn(Cc3ccccc3)c2)cc1. The van der Waals surface area contributed by atoms with Gasteiger partial charge in [-0.2, -0.15) is 0 Å². The van der Waals surface area contributed by atoms with Crippen LogP contribution in [-0.4, -0.2) is 4.57 Å². The minimum atomic E-state index is 0.771. The normalized spacial score (nSPS) is 10.6. The van der Waals surface area contributed by atoms with E-state index in [0.29, 0.717) is 0 Å². The zero-order chi connectivity index (χ0) is 13.1. The number of hydrogen-bond acceptors (Lipinski definition) is 0. The van der Waals surface area contributed by atoms with E-state index in [1.807, 2.05) is 30.3 Å². The molecule has 1 heterocycles. The average Bonchev–Trinajstić information content (AvgIpc) is 2.89. The first-order valence-electron chi connectivity index (χ1n) is 6.27. The van der Waals surface area contributed by atoms with Gasteiger partial charge in [-0.15, -0.1) is 0 Å². The zero-order valence-electron chi connectivity index (χ0n) is 10.5. The summed E-state index contributed by atoms with van der Waals surface area (Å²) in [4.78, 5) is 0. The molecule has 0 N–H and O–H groups in total. The Morgan fingerprint density at radius 1 is 0.789 bits per heavy atom. The van der Waals surface area contributed by atoms with E-state index in [9.17, 15) is 0 Å². The van der Waals surface area contributed by atoms with Crippen LogP contribution in [0.3, 0.4) is 0 Å². The second-order valence-corrected chi connectivity index (χ2v) is 5.00. The molecule has 0 unspecified atom stereocenters. The molecule has 1 nitrogen and oxygen atoms in total. The predicted molar refractivity (Wildman–Crippen MR) is 80.4 cm³/mol. The van der Waals surface area contributed by atoms with Crippen LogP contribution in [0, 0.1) is 0 Å². The minimum absolute atomic E-state index is 0.771. The molecule has 0 amide bonds. The maximum absolute atomic E-state index is 5.91. The van der Waals surface area contributed by atoms with Crippen molar-refractivity contribution in [1.82, 2.24) is 4.57 Å². The van der Waals surface area contributed by atoms with Gasteiger partial charge in [-0.25, -0.2) is 0 Å². The molecule has 0 bridgehead atoms. The van der Waals surface area contributed by atoms with Crippen LogP contribution in [0.1, 0.15) is 5.56 Å². The van der Waals surface area contributed by atoms with Gasteiger partial charge in [0.05, 0.1) is 0 Å². The van der Waals surface area contributed by atoms with Crippen molar-refractivity contribution in [3.8, 4) is 11.1 Å². The first kappa shape index (κ1) is 12.1. The fraction of sp³-hybridized carbons (Fsp3) is 0.0588. The van der Waals surface area contributed by atoms with Crippen LogP contribution in [-0.2, 0) is 6.54 Å². The molecule has 19 heavy (non-hydrogen) atoms. The lowest BCUT2D eigenvalue weighted by Gasteiger charge is -2.02. The molecule has 1 aromatic heterocycles. The second-order valence-electron chi connectivity index (χ2n) is 4.57. The molecule has 94 valence electrons. The van der Waals surface area contributed by atoms with E-state index in [1.165, 1.54) is 16.7 Å². The van der Waals surface area contributed by atoms with Gasteiger partial charge in [-0.3, -0.25) is 0 Å². The highest BCUT2D eigenvalue weighted by Gasteiger charge is 2.01. The van der Waals surface area contributed by atoms with Gasteiger partial charge in [-0.05, 0) is 34.9 Å². The molecule has 0 spiro atoms. The summed E-state index contributed by atoms with van der Waals surface area (Å²) in [6, 6.07) is 20.5. The molecule has 0 atom stereocenters. The summed E-state index contributed by atoms with van der Waals surface area (Å²) in [7, 11) is 0. The number of halogens is 1. The molecule has 0 aliphatic carbocycles. The summed E-state index contributed by atoms with van der Waals surface area (Å²) < 4.78 is 2.19. The molecular formula is C17H14ClN. The Morgan fingerprint density at radius 3 is 2.26 bits per heavy atom. The molecule has 0 radical (unpaired) electrons. The molecular weight excluding hydrogens is 254 g/mol. The number of rotatable bonds is 3. The van der Waals surface area contributed by atoms with Crippen LogP contribution in [0.2, 0.25) is 5.02 Å². The van der Waals surface area contributed by atoms with Crippen LogP contribution in [0.5, 0.6) is 0 Å². The number of aromatic nitrogens is 1. The first-order chi connectivity index (χ1) is 9.31. The number of nitrogens with zero attached hydrogens (tertiary/aromatic N) is 1. The van der Waals surface area contributed by atoms with Crippen LogP contribution in [0.4, 0.5) is 0 Å². The van der Waals surface area contributed by atoms with Gasteiger partial charge in [0.15, 0.2) is 0 Å². The maximum Gasteiger partial charge on any atom is 0.0470 e. The van der Waals surface area contributed by atoms with Gasteiger partial charge in [0.25, 0.3) is 0 Å². The molecule has 2 heteroatoms. The summed E-state index contributed by atoms with van der Waals surface area (Å²) in [5.74, 6) is 0. The van der Waals surface area contributed by atoms with Crippen molar-refractivity contribution in [1.29, 1.82) is 0 Å². The van der Waals surface area contributed by atoms with Gasteiger partial charge < -0.3 is 4.57 Å². The summed E-state index contributed by atoms with van der Waals surface area (Å²) in [5, 5.41) is 0.771. The fourth-order valence-electron chi connectivity index (χ4n) is 2.15. The van der Waals surface area contributed by atoms with E-state index in [4.69, 9.17) is 11.6 Å². The van der Waals surface area contributed by atoms with Crippen molar-refractivity contribution in [3.63, 3.8) is 0 Å². The van der Waals surface area contributed by atoms with Gasteiger partial charge >= 0.3 is 0 Å². The molecule has 0 saturated heterocycles. The van der Waals surface area contributed by atoms with Crippen molar-refractivity contribution in [2.75, 3.05) is 0 Å². The van der Waals surface area contributed by atoms with Crippen molar-refractivity contribution in [2.24, 2.45) is 0 Å². The lowest BCUT2D eigenvalue weighted by atomic mass is 10.1. The topological polar surface area (TPSA) is 4.93 Å². The second kappa shape index (κ2) is 5.33. The van der Waals surface area contributed by atoms with Gasteiger partial charge in [0, 0.05) is 24.0 Å². The van der Waals surface area contributed by atoms with Crippen LogP contribution in [0.15, 0.2) is 73.1 Å². The van der Waals surface area contributed by atoms with E-state index in [1.54, 1.807) is 0 Å². The third-order valence-corrected chi connectivity index (χ3v) is 3.39. The first-order valence-corrected chi connectivity index (χ1v) is 6.65. The molecule has 0 fully saturated rings. The number of hydrogen-bond donors (Lipinski definition) is 0. The van der Waals surface area contributed by atoms with Gasteiger partial charge in [0.1, 0.15) is 0 Å². The third kappa shape index (κ3) is 2.88. The lowest BCUT2D eigenvalue weighted by Crippen LogP contribution is -1.95. The van der Waals surface area contributed by atoms with Crippen molar-refractivity contribution in [3.05, 3.63) is 83.6 Å². The average molecular weight is 268 g/mol. The summed E-state index contributed by atoms with van der Waals surface area (Å²) >= 11 is 5.91. The molecule has 3 rings (SSSR count). The Bertz CT molecular complexity index is 653. The van der Waals surface area contributed by atoms with Crippen LogP contribution >= 0.6 is 11.6 Å². The fourth-order valence-corrected chi connectivity index (χ4v) is 2.27. The van der Waals surface area contributed by atoms with Crippen LogP contribution < -0.4 is 0 Å². The molecule has 2 aromatic carbocycles. The summed E-state index contributed by atoms with van der Waals surface area (Å²) in [6.45, 7) is 0.897. The molecule has 0 aliphatic rings. The standard InChI is InChI=1S/C17H14ClN/c18-17-8-6-15(7-9-17)16-10-11-19(13-16)12-14-4-2-1-3-5-14/h1-11,13H,12H2. The minimum Gasteiger partial charge on any atom is -0.349 e. The highest BCUT2D eigenvalue weighted by Crippen LogP contribution is 2.22. The molecule has 0 saturated carbocycles. The number of benzene rings is 2. The van der Waals surface area contributed by atoms with E-state index in [-0.39, 0.29) is 0 Å². The summed E-state index contributed by atoms with van der Waals surface area (Å²) in [6.07, 6.45) is 4.27. The van der Waals surface area contributed by atoms with E-state index in [0.717, 1.165) is 11.6 Å². The zero-order valence-corrected chi connectivity index (χ0v) is 11.2. The van der Waals surface area contributed by atoms with Crippen molar-refractivity contribution >= 4 is 11.6 Å². The third-order valence-electron chi connectivity index (χ3n) is 3.14. The summed E-state index contributed by atoms with van der Waals surface area (Å²) in [5.41, 5.74) is 3.71. The van der Waals surface area contributed by atoms with Crippen molar-refractivity contribution < 1.29 is 0 Å². The largest absolute Gasteiger partial charge is 0.349 e. The Kier molecular flexibility index (Phi) is 3.39. The quantitative estimate of drug-likeness (QED) is 0.639. The monoisotopic (exact) mass is 267 g/mol. The lowest BCUT2D eigenvalue weighted by molar-refractivity contribution is 0.807. The van der Waals surface area contributed by atoms with E-state index >= 15 is 0 Å². The van der Waals surface area contributed by atoms with Gasteiger partial charge in [-0.1, -0.05) is 54.1 Å². The van der Waals surface area contributed by atoms with Crippen molar-refractivity contribution in [2.45, 2.75) is 6.54 Å².